The molecular weight excluding hydrogens is 300 g/mol. The molecule has 0 fully saturated rings. The van der Waals surface area contributed by atoms with Crippen LogP contribution in [0.15, 0.2) is 12.1 Å². The fraction of sp³-hybridized carbons (Fsp3) is 0.471. The first kappa shape index (κ1) is 18.7. The number of carboxylic acid groups (broad SMARTS) is 3. The third-order valence-electron chi connectivity index (χ3n) is 3.99. The third kappa shape index (κ3) is 4.55. The van der Waals surface area contributed by atoms with E-state index in [2.05, 4.69) is 0 Å². The van der Waals surface area contributed by atoms with Crippen molar-refractivity contribution >= 4 is 17.9 Å². The zero-order valence-electron chi connectivity index (χ0n) is 13.2. The van der Waals surface area contributed by atoms with Crippen LogP contribution in [0, 0.1) is 5.92 Å². The zero-order valence-corrected chi connectivity index (χ0v) is 13.2. The number of aromatic carboxylic acids is 3. The van der Waals surface area contributed by atoms with Gasteiger partial charge in [0.05, 0.1) is 17.9 Å². The topological polar surface area (TPSA) is 120 Å². The molecule has 0 spiro atoms. The van der Waals surface area contributed by atoms with Crippen molar-refractivity contribution in [2.45, 2.75) is 46.0 Å². The number of carboxylic acids is 3. The van der Waals surface area contributed by atoms with Gasteiger partial charge in [0.2, 0.25) is 0 Å². The monoisotopic (exact) mass is 319 g/mol. The number of rotatable bonds is 9. The van der Waals surface area contributed by atoms with E-state index in [-0.39, 0.29) is 23.5 Å². The SMILES string of the molecule is CCCCC(CC)Cc1c(C(=O)[O-])ccc(C(=O)[O-])c1C(=O)[O-]. The standard InChI is InChI=1S/C17H22O6/c1-3-5-6-10(4-2)9-13-11(15(18)19)7-8-12(16(20)21)14(13)17(22)23/h7-8,10H,3-6,9H2,1-2H3,(H,18,19)(H,20,21)(H,22,23)/p-3. The average molecular weight is 319 g/mol. The van der Waals surface area contributed by atoms with Gasteiger partial charge in [0.25, 0.3) is 0 Å². The van der Waals surface area contributed by atoms with Gasteiger partial charge in [-0.2, -0.15) is 0 Å². The van der Waals surface area contributed by atoms with Crippen LogP contribution in [0.5, 0.6) is 0 Å². The van der Waals surface area contributed by atoms with Crippen molar-refractivity contribution in [3.05, 3.63) is 34.4 Å². The Labute approximate surface area is 134 Å². The molecule has 0 radical (unpaired) electrons. The smallest absolute Gasteiger partial charge is 0.0724 e. The van der Waals surface area contributed by atoms with E-state index in [1.165, 1.54) is 0 Å². The quantitative estimate of drug-likeness (QED) is 0.607. The van der Waals surface area contributed by atoms with E-state index in [1.54, 1.807) is 0 Å². The number of unbranched alkanes of at least 4 members (excludes halogenated alkanes) is 1. The van der Waals surface area contributed by atoms with Crippen LogP contribution in [0.1, 0.15) is 76.2 Å². The van der Waals surface area contributed by atoms with Crippen molar-refractivity contribution in [1.82, 2.24) is 0 Å². The van der Waals surface area contributed by atoms with E-state index in [0.29, 0.717) is 6.42 Å². The minimum Gasteiger partial charge on any atom is -0.545 e. The second-order valence-electron chi connectivity index (χ2n) is 5.50. The summed E-state index contributed by atoms with van der Waals surface area (Å²) in [5, 5.41) is 33.8. The summed E-state index contributed by atoms with van der Waals surface area (Å²) < 4.78 is 0. The van der Waals surface area contributed by atoms with Crippen LogP contribution in [-0.2, 0) is 6.42 Å². The van der Waals surface area contributed by atoms with Crippen LogP contribution in [0.2, 0.25) is 0 Å². The van der Waals surface area contributed by atoms with Crippen LogP contribution < -0.4 is 15.3 Å². The van der Waals surface area contributed by atoms with Gasteiger partial charge in [0.15, 0.2) is 0 Å². The predicted octanol–water partition coefficient (Wildman–Crippen LogP) is -0.464. The van der Waals surface area contributed by atoms with E-state index in [9.17, 15) is 29.7 Å². The Morgan fingerprint density at radius 3 is 1.96 bits per heavy atom. The van der Waals surface area contributed by atoms with Crippen molar-refractivity contribution in [1.29, 1.82) is 0 Å². The summed E-state index contributed by atoms with van der Waals surface area (Å²) >= 11 is 0. The highest BCUT2D eigenvalue weighted by atomic mass is 16.4. The van der Waals surface area contributed by atoms with E-state index < -0.39 is 29.0 Å². The fourth-order valence-electron chi connectivity index (χ4n) is 2.69. The molecule has 0 aliphatic carbocycles. The molecule has 6 heteroatoms. The summed E-state index contributed by atoms with van der Waals surface area (Å²) in [4.78, 5) is 33.8. The van der Waals surface area contributed by atoms with Gasteiger partial charge < -0.3 is 29.7 Å². The van der Waals surface area contributed by atoms with Gasteiger partial charge in [0.1, 0.15) is 0 Å². The number of carbonyl (C=O) groups excluding carboxylic acids is 3. The van der Waals surface area contributed by atoms with Gasteiger partial charge in [0, 0.05) is 16.7 Å². The molecule has 126 valence electrons. The van der Waals surface area contributed by atoms with Gasteiger partial charge in [-0.05, 0) is 17.9 Å². The number of hydrogen-bond donors (Lipinski definition) is 0. The third-order valence-corrected chi connectivity index (χ3v) is 3.99. The lowest BCUT2D eigenvalue weighted by Crippen LogP contribution is -2.34. The Morgan fingerprint density at radius 1 is 0.957 bits per heavy atom. The first-order valence-corrected chi connectivity index (χ1v) is 7.63. The molecule has 1 atom stereocenters. The second kappa shape index (κ2) is 8.31. The van der Waals surface area contributed by atoms with Crippen molar-refractivity contribution < 1.29 is 29.7 Å². The molecule has 0 amide bonds. The lowest BCUT2D eigenvalue weighted by atomic mass is 9.85. The van der Waals surface area contributed by atoms with Crippen molar-refractivity contribution in [3.63, 3.8) is 0 Å². The number of hydrogen-bond acceptors (Lipinski definition) is 6. The Hall–Kier alpha value is -2.37. The molecule has 0 aromatic heterocycles. The summed E-state index contributed by atoms with van der Waals surface area (Å²) in [6, 6.07) is 1.96. The summed E-state index contributed by atoms with van der Waals surface area (Å²) in [6.07, 6.45) is 3.52. The highest BCUT2D eigenvalue weighted by molar-refractivity contribution is 6.04. The van der Waals surface area contributed by atoms with Crippen LogP contribution in [0.3, 0.4) is 0 Å². The highest BCUT2D eigenvalue weighted by Crippen LogP contribution is 2.26. The summed E-state index contributed by atoms with van der Waals surface area (Å²) in [6.45, 7) is 3.93. The van der Waals surface area contributed by atoms with Gasteiger partial charge in [-0.15, -0.1) is 0 Å². The maximum absolute atomic E-state index is 11.4. The van der Waals surface area contributed by atoms with Gasteiger partial charge >= 0.3 is 0 Å². The second-order valence-corrected chi connectivity index (χ2v) is 5.50. The summed E-state index contributed by atoms with van der Waals surface area (Å²) in [7, 11) is 0. The molecule has 0 N–H and O–H groups in total. The molecule has 0 saturated carbocycles. The Balaban J connectivity index is 3.44. The number of benzene rings is 1. The van der Waals surface area contributed by atoms with Crippen molar-refractivity contribution in [3.8, 4) is 0 Å². The van der Waals surface area contributed by atoms with Gasteiger partial charge in [-0.3, -0.25) is 0 Å². The first-order chi connectivity index (χ1) is 10.8. The minimum absolute atomic E-state index is 0.0446. The lowest BCUT2D eigenvalue weighted by Gasteiger charge is -2.24. The highest BCUT2D eigenvalue weighted by Gasteiger charge is 2.19. The largest absolute Gasteiger partial charge is 0.545 e. The van der Waals surface area contributed by atoms with Crippen molar-refractivity contribution in [2.24, 2.45) is 5.92 Å². The average Bonchev–Trinajstić information content (AvgIpc) is 2.49. The van der Waals surface area contributed by atoms with Crippen molar-refractivity contribution in [2.75, 3.05) is 0 Å². The van der Waals surface area contributed by atoms with Crippen LogP contribution in [0.25, 0.3) is 0 Å². The molecule has 0 bridgehead atoms. The molecule has 0 aliphatic heterocycles. The molecule has 0 saturated heterocycles. The van der Waals surface area contributed by atoms with E-state index in [0.717, 1.165) is 31.4 Å². The molecule has 1 aromatic carbocycles. The zero-order chi connectivity index (χ0) is 17.6. The molecule has 0 aliphatic rings. The van der Waals surface area contributed by atoms with E-state index in [1.807, 2.05) is 13.8 Å². The van der Waals surface area contributed by atoms with Gasteiger partial charge in [-0.1, -0.05) is 51.7 Å². The molecular formula is C17H19O6-3. The van der Waals surface area contributed by atoms with E-state index in [4.69, 9.17) is 0 Å². The normalized spacial score (nSPS) is 11.9. The molecule has 0 heterocycles. The van der Waals surface area contributed by atoms with Crippen LogP contribution in [-0.4, -0.2) is 17.9 Å². The summed E-state index contributed by atoms with van der Waals surface area (Å²) in [5.41, 5.74) is -1.57. The predicted molar refractivity (Wildman–Crippen MR) is 76.4 cm³/mol. The molecule has 23 heavy (non-hydrogen) atoms. The maximum atomic E-state index is 11.4. The maximum Gasteiger partial charge on any atom is 0.0724 e. The Bertz CT molecular complexity index is 605. The first-order valence-electron chi connectivity index (χ1n) is 7.63. The summed E-state index contributed by atoms with van der Waals surface area (Å²) in [5.74, 6) is -4.91. The lowest BCUT2D eigenvalue weighted by molar-refractivity contribution is -0.260. The van der Waals surface area contributed by atoms with Gasteiger partial charge in [-0.25, -0.2) is 0 Å². The molecule has 1 rings (SSSR count). The number of carbonyl (C=O) groups is 3. The van der Waals surface area contributed by atoms with Crippen LogP contribution >= 0.6 is 0 Å². The molecule has 1 unspecified atom stereocenters. The molecule has 6 nitrogen and oxygen atoms in total. The van der Waals surface area contributed by atoms with Crippen LogP contribution in [0.4, 0.5) is 0 Å². The minimum atomic E-state index is -1.73. The molecule has 1 aromatic rings. The fourth-order valence-corrected chi connectivity index (χ4v) is 2.69. The Kier molecular flexibility index (Phi) is 6.75. The van der Waals surface area contributed by atoms with E-state index >= 15 is 0 Å². The Morgan fingerprint density at radius 2 is 1.52 bits per heavy atom.